The summed E-state index contributed by atoms with van der Waals surface area (Å²) in [5, 5.41) is 2.66. The zero-order valence-electron chi connectivity index (χ0n) is 18.7. The van der Waals surface area contributed by atoms with E-state index in [2.05, 4.69) is 25.4 Å². The van der Waals surface area contributed by atoms with Gasteiger partial charge in [-0.15, -0.1) is 6.58 Å². The largest absolute Gasteiger partial charge is 0.493 e. The molecule has 2 aromatic rings. The number of rotatable bonds is 9. The quantitative estimate of drug-likeness (QED) is 0.259. The fraction of sp³-hybridized carbons (Fsp3) is 0.192. The average molecular weight is 463 g/mol. The van der Waals surface area contributed by atoms with Crippen molar-refractivity contribution >= 4 is 40.9 Å². The number of carbonyl (C=O) groups excluding carboxylic acids is 2. The highest BCUT2D eigenvalue weighted by Gasteiger charge is 2.34. The third-order valence-electron chi connectivity index (χ3n) is 5.10. The lowest BCUT2D eigenvalue weighted by Gasteiger charge is -2.29. The smallest absolute Gasteiger partial charge is 0.270 e. The lowest BCUT2D eigenvalue weighted by molar-refractivity contribution is -0.122. The molecule has 0 radical (unpaired) electrons. The first-order chi connectivity index (χ1) is 15.9. The summed E-state index contributed by atoms with van der Waals surface area (Å²) in [6, 6.07) is 11.0. The van der Waals surface area contributed by atoms with E-state index in [1.54, 1.807) is 18.2 Å². The number of nitrogens with one attached hydrogen (secondary N) is 1. The minimum atomic E-state index is -0.553. The number of hydrogen-bond donors (Lipinski definition) is 1. The molecule has 0 saturated carbocycles. The summed E-state index contributed by atoms with van der Waals surface area (Å²) in [4.78, 5) is 27.3. The molecule has 1 aliphatic heterocycles. The number of ether oxygens (including phenoxy) is 2. The van der Waals surface area contributed by atoms with E-state index in [-0.39, 0.29) is 10.7 Å². The number of hydrogen-bond acceptors (Lipinski definition) is 5. The van der Waals surface area contributed by atoms with Crippen LogP contribution in [0.15, 0.2) is 67.3 Å². The molecule has 7 heteroatoms. The van der Waals surface area contributed by atoms with Crippen molar-refractivity contribution in [2.24, 2.45) is 0 Å². The highest BCUT2D eigenvalue weighted by molar-refractivity contribution is 7.80. The van der Waals surface area contributed by atoms with Crippen LogP contribution in [0.2, 0.25) is 0 Å². The summed E-state index contributed by atoms with van der Waals surface area (Å²) in [5.41, 5.74) is 3.11. The predicted octanol–water partition coefficient (Wildman–Crippen LogP) is 4.38. The van der Waals surface area contributed by atoms with Crippen molar-refractivity contribution in [1.82, 2.24) is 5.32 Å². The average Bonchev–Trinajstić information content (AvgIpc) is 2.81. The van der Waals surface area contributed by atoms with Crippen molar-refractivity contribution in [3.05, 3.63) is 84.0 Å². The third-order valence-corrected chi connectivity index (χ3v) is 5.38. The number of allylic oxidation sites excluding steroid dienone is 1. The zero-order valence-corrected chi connectivity index (χ0v) is 19.5. The first-order valence-electron chi connectivity index (χ1n) is 10.5. The number of benzene rings is 2. The topological polar surface area (TPSA) is 67.9 Å². The van der Waals surface area contributed by atoms with E-state index in [1.165, 1.54) is 18.1 Å². The van der Waals surface area contributed by atoms with E-state index in [0.29, 0.717) is 35.8 Å². The molecule has 1 N–H and O–H groups in total. The Labute approximate surface area is 199 Å². The maximum absolute atomic E-state index is 13.3. The lowest BCUT2D eigenvalue weighted by atomic mass is 10.0. The van der Waals surface area contributed by atoms with Crippen LogP contribution in [0.4, 0.5) is 5.69 Å². The van der Waals surface area contributed by atoms with E-state index < -0.39 is 11.8 Å². The Morgan fingerprint density at radius 2 is 1.85 bits per heavy atom. The van der Waals surface area contributed by atoms with Crippen LogP contribution in [0, 0.1) is 0 Å². The van der Waals surface area contributed by atoms with E-state index in [1.807, 2.05) is 30.3 Å². The molecule has 170 valence electrons. The standard InChI is InChI=1S/C26H26N2O4S/c1-5-8-19-14-18(16-22(31-4)23(19)32-13-6-2)15-21-24(29)27-26(33)28(25(21)30)20-11-9-17(7-3)10-12-20/h5-6,9-12,14-16H,1-2,7-8,13H2,3-4H3,(H,27,29,33). The van der Waals surface area contributed by atoms with Gasteiger partial charge in [0.25, 0.3) is 11.8 Å². The van der Waals surface area contributed by atoms with Gasteiger partial charge in [0.2, 0.25) is 0 Å². The maximum Gasteiger partial charge on any atom is 0.270 e. The van der Waals surface area contributed by atoms with Crippen molar-refractivity contribution in [1.29, 1.82) is 0 Å². The minimum absolute atomic E-state index is 0.0328. The van der Waals surface area contributed by atoms with Crippen molar-refractivity contribution in [2.75, 3.05) is 18.6 Å². The predicted molar refractivity (Wildman–Crippen MR) is 135 cm³/mol. The molecule has 1 aliphatic rings. The number of anilines is 1. The van der Waals surface area contributed by atoms with E-state index in [9.17, 15) is 9.59 Å². The molecule has 0 aromatic heterocycles. The number of nitrogens with zero attached hydrogens (tertiary/aromatic N) is 1. The van der Waals surface area contributed by atoms with Crippen LogP contribution in [0.3, 0.4) is 0 Å². The van der Waals surface area contributed by atoms with E-state index in [0.717, 1.165) is 17.5 Å². The van der Waals surface area contributed by atoms with Gasteiger partial charge in [0.1, 0.15) is 12.2 Å². The monoisotopic (exact) mass is 462 g/mol. The van der Waals surface area contributed by atoms with Gasteiger partial charge in [-0.2, -0.15) is 0 Å². The van der Waals surface area contributed by atoms with Crippen LogP contribution >= 0.6 is 12.2 Å². The number of carbonyl (C=O) groups is 2. The molecule has 0 unspecified atom stereocenters. The van der Waals surface area contributed by atoms with Crippen LogP contribution in [0.25, 0.3) is 6.08 Å². The summed E-state index contributed by atoms with van der Waals surface area (Å²) < 4.78 is 11.3. The first kappa shape index (κ1) is 23.9. The van der Waals surface area contributed by atoms with Gasteiger partial charge in [0.05, 0.1) is 12.8 Å². The molecule has 33 heavy (non-hydrogen) atoms. The Hall–Kier alpha value is -3.71. The fourth-order valence-corrected chi connectivity index (χ4v) is 3.75. The normalized spacial score (nSPS) is 14.8. The third kappa shape index (κ3) is 5.21. The molecule has 0 bridgehead atoms. The maximum atomic E-state index is 13.3. The lowest BCUT2D eigenvalue weighted by Crippen LogP contribution is -2.54. The van der Waals surface area contributed by atoms with Crippen LogP contribution < -0.4 is 19.7 Å². The first-order valence-corrected chi connectivity index (χ1v) is 10.9. The van der Waals surface area contributed by atoms with Crippen molar-refractivity contribution in [3.8, 4) is 11.5 Å². The highest BCUT2D eigenvalue weighted by atomic mass is 32.1. The Kier molecular flexibility index (Phi) is 7.79. The molecule has 6 nitrogen and oxygen atoms in total. The second-order valence-corrected chi connectivity index (χ2v) is 7.67. The van der Waals surface area contributed by atoms with Gasteiger partial charge in [-0.3, -0.25) is 19.8 Å². The number of thiocarbonyl (C=S) groups is 1. The molecule has 0 aliphatic carbocycles. The molecule has 0 spiro atoms. The molecule has 3 rings (SSSR count). The fourth-order valence-electron chi connectivity index (χ4n) is 3.47. The summed E-state index contributed by atoms with van der Waals surface area (Å²) in [6.07, 6.45) is 6.30. The highest BCUT2D eigenvalue weighted by Crippen LogP contribution is 2.35. The van der Waals surface area contributed by atoms with Gasteiger partial charge in [0, 0.05) is 5.56 Å². The van der Waals surface area contributed by atoms with E-state index >= 15 is 0 Å². The molecule has 0 atom stereocenters. The molecule has 1 fully saturated rings. The second-order valence-electron chi connectivity index (χ2n) is 7.28. The second kappa shape index (κ2) is 10.7. The Morgan fingerprint density at radius 3 is 2.45 bits per heavy atom. The molecule has 1 saturated heterocycles. The Morgan fingerprint density at radius 1 is 1.12 bits per heavy atom. The molecule has 1 heterocycles. The number of amides is 2. The van der Waals surface area contributed by atoms with Gasteiger partial charge in [0.15, 0.2) is 16.6 Å². The Balaban J connectivity index is 2.04. The SMILES string of the molecule is C=CCOc1c(CC=C)cc(C=C2C(=O)NC(=S)N(c3ccc(CC)cc3)C2=O)cc1OC. The zero-order chi connectivity index (χ0) is 24.0. The molecule has 2 aromatic carbocycles. The van der Waals surface area contributed by atoms with Crippen LogP contribution in [0.5, 0.6) is 11.5 Å². The van der Waals surface area contributed by atoms with Crippen molar-refractivity contribution in [2.45, 2.75) is 19.8 Å². The van der Waals surface area contributed by atoms with Crippen molar-refractivity contribution < 1.29 is 19.1 Å². The van der Waals surface area contributed by atoms with Crippen LogP contribution in [0.1, 0.15) is 23.6 Å². The van der Waals surface area contributed by atoms with Crippen molar-refractivity contribution in [3.63, 3.8) is 0 Å². The Bertz CT molecular complexity index is 1140. The molecular weight excluding hydrogens is 436 g/mol. The van der Waals surface area contributed by atoms with Crippen LogP contribution in [-0.2, 0) is 22.4 Å². The molecule has 2 amide bonds. The summed E-state index contributed by atoms with van der Waals surface area (Å²) in [5.74, 6) is -0.00110. The summed E-state index contributed by atoms with van der Waals surface area (Å²) in [6.45, 7) is 9.83. The molecular formula is C26H26N2O4S. The van der Waals surface area contributed by atoms with Gasteiger partial charge in [-0.25, -0.2) is 0 Å². The van der Waals surface area contributed by atoms with Gasteiger partial charge in [-0.05, 0) is 66.5 Å². The van der Waals surface area contributed by atoms with Gasteiger partial charge >= 0.3 is 0 Å². The van der Waals surface area contributed by atoms with Gasteiger partial charge < -0.3 is 9.47 Å². The summed E-state index contributed by atoms with van der Waals surface area (Å²) in [7, 11) is 1.53. The van der Waals surface area contributed by atoms with Crippen LogP contribution in [-0.4, -0.2) is 30.6 Å². The van der Waals surface area contributed by atoms with Gasteiger partial charge in [-0.1, -0.05) is 37.8 Å². The minimum Gasteiger partial charge on any atom is -0.493 e. The number of aryl methyl sites for hydroxylation is 1. The number of methoxy groups -OCH3 is 1. The van der Waals surface area contributed by atoms with E-state index in [4.69, 9.17) is 21.7 Å². The summed E-state index contributed by atoms with van der Waals surface area (Å²) >= 11 is 5.28.